The smallest absolute Gasteiger partial charge is 0.237 e. The number of aromatic nitrogens is 2. The fraction of sp³-hybridized carbons (Fsp3) is 0.892. The number of ether oxygens (including phenoxy) is 2. The maximum atomic E-state index is 12.6. The van der Waals surface area contributed by atoms with Gasteiger partial charge < -0.3 is 25.5 Å². The van der Waals surface area contributed by atoms with Gasteiger partial charge in [0.15, 0.2) is 0 Å². The van der Waals surface area contributed by atoms with E-state index in [1.165, 1.54) is 141 Å². The molecule has 1 aromatic rings. The molecule has 7 heteroatoms. The van der Waals surface area contributed by atoms with Crippen molar-refractivity contribution < 1.29 is 14.3 Å². The molecule has 1 rings (SSSR count). The van der Waals surface area contributed by atoms with Gasteiger partial charge in [-0.2, -0.15) is 0 Å². The molecule has 4 N–H and O–H groups in total. The van der Waals surface area contributed by atoms with Crippen LogP contribution in [0.25, 0.3) is 0 Å². The van der Waals surface area contributed by atoms with Crippen LogP contribution in [-0.2, 0) is 20.7 Å². The average Bonchev–Trinajstić information content (AvgIpc) is 3.54. The Morgan fingerprint density at radius 1 is 0.727 bits per heavy atom. The van der Waals surface area contributed by atoms with Gasteiger partial charge in [0, 0.05) is 38.1 Å². The Morgan fingerprint density at radius 3 is 1.64 bits per heavy atom. The molecule has 1 amide bonds. The highest BCUT2D eigenvalue weighted by atomic mass is 16.5. The number of aromatic amines is 1. The predicted octanol–water partition coefficient (Wildman–Crippen LogP) is 9.20. The normalized spacial score (nSPS) is 12.9. The average molecular weight is 621 g/mol. The number of hydrogen-bond donors (Lipinski definition) is 3. The number of H-pyrrole nitrogens is 1. The summed E-state index contributed by atoms with van der Waals surface area (Å²) < 4.78 is 12.2. The van der Waals surface area contributed by atoms with E-state index in [0.717, 1.165) is 25.1 Å². The molecule has 1 aromatic heterocycles. The molecule has 0 bridgehead atoms. The Morgan fingerprint density at radius 2 is 1.18 bits per heavy atom. The van der Waals surface area contributed by atoms with Crippen molar-refractivity contribution in [3.63, 3.8) is 0 Å². The lowest BCUT2D eigenvalue weighted by atomic mass is 10.1. The number of amides is 1. The number of hydrogen-bond acceptors (Lipinski definition) is 5. The largest absolute Gasteiger partial charge is 0.379 e. The van der Waals surface area contributed by atoms with Crippen LogP contribution in [0.2, 0.25) is 0 Å². The van der Waals surface area contributed by atoms with Crippen molar-refractivity contribution in [2.45, 2.75) is 187 Å². The predicted molar refractivity (Wildman–Crippen MR) is 186 cm³/mol. The molecule has 0 spiro atoms. The number of unbranched alkanes of at least 4 members (excludes halogenated alkanes) is 22. The van der Waals surface area contributed by atoms with E-state index in [1.807, 2.05) is 0 Å². The molecular formula is C37H72N4O3. The van der Waals surface area contributed by atoms with Crippen LogP contribution >= 0.6 is 0 Å². The zero-order valence-corrected chi connectivity index (χ0v) is 29.1. The van der Waals surface area contributed by atoms with Crippen molar-refractivity contribution in [2.75, 3.05) is 26.4 Å². The number of rotatable bonds is 34. The number of nitrogens with one attached hydrogen (secondary N) is 2. The third-order valence-electron chi connectivity index (χ3n) is 8.63. The lowest BCUT2D eigenvalue weighted by molar-refractivity contribution is -0.123. The third-order valence-corrected chi connectivity index (χ3v) is 8.63. The van der Waals surface area contributed by atoms with Gasteiger partial charge in [-0.3, -0.25) is 4.79 Å². The number of carbonyl (C=O) groups excluding carboxylic acids is 1. The minimum atomic E-state index is -0.616. The molecule has 2 atom stereocenters. The van der Waals surface area contributed by atoms with Crippen LogP contribution in [0, 0.1) is 0 Å². The molecule has 1 heterocycles. The van der Waals surface area contributed by atoms with Crippen LogP contribution in [0.3, 0.4) is 0 Å². The maximum absolute atomic E-state index is 12.6. The van der Waals surface area contributed by atoms with Gasteiger partial charge in [0.2, 0.25) is 5.91 Å². The fourth-order valence-corrected chi connectivity index (χ4v) is 5.69. The van der Waals surface area contributed by atoms with Crippen molar-refractivity contribution in [1.82, 2.24) is 15.3 Å². The second kappa shape index (κ2) is 31.5. The molecule has 258 valence electrons. The van der Waals surface area contributed by atoms with E-state index in [0.29, 0.717) is 26.2 Å². The summed E-state index contributed by atoms with van der Waals surface area (Å²) in [6.45, 7) is 6.95. The van der Waals surface area contributed by atoms with Gasteiger partial charge in [0.1, 0.15) is 0 Å². The molecule has 0 saturated heterocycles. The summed E-state index contributed by atoms with van der Waals surface area (Å²) in [7, 11) is 0. The molecule has 7 nitrogen and oxygen atoms in total. The zero-order chi connectivity index (χ0) is 31.8. The first-order chi connectivity index (χ1) is 21.7. The van der Waals surface area contributed by atoms with E-state index in [4.69, 9.17) is 15.2 Å². The Bertz CT molecular complexity index is 716. The van der Waals surface area contributed by atoms with Crippen molar-refractivity contribution in [3.8, 4) is 0 Å². The van der Waals surface area contributed by atoms with E-state index < -0.39 is 6.04 Å². The number of nitrogens with zero attached hydrogens (tertiary/aromatic N) is 1. The molecule has 0 saturated carbocycles. The van der Waals surface area contributed by atoms with Crippen molar-refractivity contribution in [1.29, 1.82) is 0 Å². The van der Waals surface area contributed by atoms with Gasteiger partial charge in [-0.25, -0.2) is 4.98 Å². The summed E-state index contributed by atoms with van der Waals surface area (Å²) in [5, 5.41) is 2.99. The molecule has 0 aromatic carbocycles. The summed E-state index contributed by atoms with van der Waals surface area (Å²) in [4.78, 5) is 19.6. The quantitative estimate of drug-likeness (QED) is 0.0667. The van der Waals surface area contributed by atoms with Crippen LogP contribution in [0.1, 0.15) is 174 Å². The van der Waals surface area contributed by atoms with Crippen LogP contribution in [0.5, 0.6) is 0 Å². The summed E-state index contributed by atoms with van der Waals surface area (Å²) >= 11 is 0. The molecule has 0 aliphatic heterocycles. The standard InChI is InChI=1S/C37H72N4O3/c1-3-5-7-9-11-13-15-17-19-21-23-25-27-43-32-35(31-40-37(42)36(38)29-34-30-39-33-41-34)44-28-26-24-22-20-18-16-14-12-10-8-6-4-2/h30,33,35-36H,3-29,31-32,38H2,1-2H3,(H,39,41)(H,40,42). The Labute approximate surface area is 272 Å². The van der Waals surface area contributed by atoms with Crippen LogP contribution in [-0.4, -0.2) is 54.4 Å². The minimum absolute atomic E-state index is 0.150. The van der Waals surface area contributed by atoms with E-state index in [2.05, 4.69) is 29.1 Å². The monoisotopic (exact) mass is 621 g/mol. The lowest BCUT2D eigenvalue weighted by Gasteiger charge is -2.20. The van der Waals surface area contributed by atoms with Crippen LogP contribution < -0.4 is 11.1 Å². The van der Waals surface area contributed by atoms with E-state index >= 15 is 0 Å². The van der Waals surface area contributed by atoms with Gasteiger partial charge >= 0.3 is 0 Å². The summed E-state index contributed by atoms with van der Waals surface area (Å²) in [5.41, 5.74) is 6.98. The van der Waals surface area contributed by atoms with E-state index in [1.54, 1.807) is 12.5 Å². The SMILES string of the molecule is CCCCCCCCCCCCCCOCC(CNC(=O)C(N)Cc1cnc[nH]1)OCCCCCCCCCCCCCC. The van der Waals surface area contributed by atoms with E-state index in [-0.39, 0.29) is 12.0 Å². The van der Waals surface area contributed by atoms with Gasteiger partial charge in [-0.15, -0.1) is 0 Å². The lowest BCUT2D eigenvalue weighted by Crippen LogP contribution is -2.46. The number of nitrogens with two attached hydrogens (primary N) is 1. The van der Waals surface area contributed by atoms with Crippen molar-refractivity contribution in [3.05, 3.63) is 18.2 Å². The van der Waals surface area contributed by atoms with Gasteiger partial charge in [0.25, 0.3) is 0 Å². The zero-order valence-electron chi connectivity index (χ0n) is 29.1. The van der Waals surface area contributed by atoms with E-state index in [9.17, 15) is 4.79 Å². The molecule has 0 fully saturated rings. The minimum Gasteiger partial charge on any atom is -0.379 e. The second-order valence-corrected chi connectivity index (χ2v) is 13.0. The van der Waals surface area contributed by atoms with Crippen molar-refractivity contribution in [2.24, 2.45) is 5.73 Å². The summed E-state index contributed by atoms with van der Waals surface area (Å²) in [6.07, 6.45) is 35.6. The second-order valence-electron chi connectivity index (χ2n) is 13.0. The topological polar surface area (TPSA) is 102 Å². The highest BCUT2D eigenvalue weighted by Gasteiger charge is 2.17. The van der Waals surface area contributed by atoms with Gasteiger partial charge in [-0.05, 0) is 12.8 Å². The highest BCUT2D eigenvalue weighted by Crippen LogP contribution is 2.13. The molecule has 44 heavy (non-hydrogen) atoms. The highest BCUT2D eigenvalue weighted by molar-refractivity contribution is 5.81. The molecule has 0 aliphatic rings. The third kappa shape index (κ3) is 25.8. The Kier molecular flexibility index (Phi) is 29.1. The van der Waals surface area contributed by atoms with Crippen LogP contribution in [0.15, 0.2) is 12.5 Å². The first-order valence-corrected chi connectivity index (χ1v) is 18.9. The summed E-state index contributed by atoms with van der Waals surface area (Å²) in [6, 6.07) is -0.616. The van der Waals surface area contributed by atoms with Gasteiger partial charge in [-0.1, -0.05) is 155 Å². The fourth-order valence-electron chi connectivity index (χ4n) is 5.69. The Hall–Kier alpha value is -1.44. The molecule has 2 unspecified atom stereocenters. The first-order valence-electron chi connectivity index (χ1n) is 18.9. The van der Waals surface area contributed by atoms with Crippen molar-refractivity contribution >= 4 is 5.91 Å². The molecule has 0 aliphatic carbocycles. The van der Waals surface area contributed by atoms with Crippen LogP contribution in [0.4, 0.5) is 0 Å². The summed E-state index contributed by atoms with van der Waals surface area (Å²) in [5.74, 6) is -0.167. The Balaban J connectivity index is 2.17. The maximum Gasteiger partial charge on any atom is 0.237 e. The first kappa shape index (κ1) is 40.6. The molecule has 0 radical (unpaired) electrons. The number of imidazole rings is 1. The molecular weight excluding hydrogens is 548 g/mol. The number of carbonyl (C=O) groups is 1. The van der Waals surface area contributed by atoms with Gasteiger partial charge in [0.05, 0.1) is 25.1 Å².